The van der Waals surface area contributed by atoms with Gasteiger partial charge in [-0.25, -0.2) is 0 Å². The Morgan fingerprint density at radius 1 is 0.524 bits per heavy atom. The minimum atomic E-state index is -4.29. The van der Waals surface area contributed by atoms with E-state index in [4.69, 9.17) is 0 Å². The van der Waals surface area contributed by atoms with Crippen molar-refractivity contribution in [1.29, 1.82) is 0 Å². The molecular weight excluding hydrogens is 536 g/mol. The van der Waals surface area contributed by atoms with Crippen LogP contribution in [0.25, 0.3) is 10.8 Å². The molecule has 0 aliphatic carbocycles. The molecule has 3 nitrogen and oxygen atoms in total. The molecule has 2 rings (SSSR count). The minimum Gasteiger partial charge on any atom is -0.282 e. The predicted octanol–water partition coefficient (Wildman–Crippen LogP) is 12.6. The quantitative estimate of drug-likeness (QED) is 0.0819. The molecule has 0 heterocycles. The third-order valence-electron chi connectivity index (χ3n) is 9.02. The molecule has 0 saturated carbocycles. The fraction of sp³-hybridized carbons (Fsp3) is 0.737. The molecule has 2 aromatic carbocycles. The van der Waals surface area contributed by atoms with Gasteiger partial charge in [0.2, 0.25) is 0 Å². The van der Waals surface area contributed by atoms with Crippen molar-refractivity contribution in [3.63, 3.8) is 0 Å². The Balaban J connectivity index is 1.82. The summed E-state index contributed by atoms with van der Waals surface area (Å²) in [5, 5.41) is 2.07. The van der Waals surface area contributed by atoms with Gasteiger partial charge in [-0.2, -0.15) is 8.42 Å². The van der Waals surface area contributed by atoms with Crippen molar-refractivity contribution in [1.82, 2.24) is 0 Å². The molecule has 1 N–H and O–H groups in total. The molecule has 0 aromatic heterocycles. The van der Waals surface area contributed by atoms with E-state index in [2.05, 4.69) is 19.9 Å². The maximum atomic E-state index is 12.7. The fourth-order valence-corrected chi connectivity index (χ4v) is 7.54. The van der Waals surface area contributed by atoms with Crippen LogP contribution in [-0.2, 0) is 23.0 Å². The number of hydrogen-bond acceptors (Lipinski definition) is 2. The molecule has 0 aliphatic heterocycles. The third kappa shape index (κ3) is 15.4. The van der Waals surface area contributed by atoms with Crippen LogP contribution in [-0.4, -0.2) is 13.0 Å². The number of unbranched alkanes of at least 4 members (excludes halogenated alkanes) is 22. The first-order valence-electron chi connectivity index (χ1n) is 18.0. The number of aryl methyl sites for hydroxylation is 2. The number of hydrogen-bond donors (Lipinski definition) is 1. The van der Waals surface area contributed by atoms with E-state index < -0.39 is 10.1 Å². The van der Waals surface area contributed by atoms with E-state index in [-0.39, 0.29) is 4.90 Å². The Morgan fingerprint density at radius 3 is 1.33 bits per heavy atom. The Hall–Kier alpha value is -1.39. The first kappa shape index (κ1) is 36.8. The first-order chi connectivity index (χ1) is 20.5. The van der Waals surface area contributed by atoms with Crippen molar-refractivity contribution >= 4 is 20.9 Å². The number of fused-ring (bicyclic) bond motifs is 1. The highest BCUT2D eigenvalue weighted by molar-refractivity contribution is 7.86. The van der Waals surface area contributed by atoms with Crippen molar-refractivity contribution in [2.24, 2.45) is 0 Å². The largest absolute Gasteiger partial charge is 0.295 e. The zero-order valence-corrected chi connectivity index (χ0v) is 28.3. The van der Waals surface area contributed by atoms with Gasteiger partial charge in [-0.3, -0.25) is 4.55 Å². The Labute approximate surface area is 260 Å². The Kier molecular flexibility index (Phi) is 20.2. The normalized spacial score (nSPS) is 12.0. The third-order valence-corrected chi connectivity index (χ3v) is 10.0. The molecular formula is C38H64O3S. The molecule has 0 bridgehead atoms. The molecule has 4 heteroatoms. The summed E-state index contributed by atoms with van der Waals surface area (Å²) in [5.74, 6) is 0. The van der Waals surface area contributed by atoms with Gasteiger partial charge in [0.15, 0.2) is 0 Å². The van der Waals surface area contributed by atoms with Crippen LogP contribution in [0.4, 0.5) is 0 Å². The van der Waals surface area contributed by atoms with Crippen LogP contribution in [0.3, 0.4) is 0 Å². The highest BCUT2D eigenvalue weighted by atomic mass is 32.2. The number of rotatable bonds is 27. The van der Waals surface area contributed by atoms with Gasteiger partial charge in [0.05, 0.1) is 0 Å². The van der Waals surface area contributed by atoms with E-state index in [0.29, 0.717) is 12.8 Å². The van der Waals surface area contributed by atoms with Gasteiger partial charge in [0.25, 0.3) is 10.1 Å². The van der Waals surface area contributed by atoms with E-state index in [1.54, 1.807) is 0 Å². The molecule has 0 unspecified atom stereocenters. The highest BCUT2D eigenvalue weighted by Gasteiger charge is 2.22. The molecule has 0 radical (unpaired) electrons. The second-order valence-corrected chi connectivity index (χ2v) is 14.2. The molecule has 2 aromatic rings. The summed E-state index contributed by atoms with van der Waals surface area (Å²) in [5.41, 5.74) is 1.63. The van der Waals surface area contributed by atoms with Gasteiger partial charge in [0, 0.05) is 0 Å². The van der Waals surface area contributed by atoms with Crippen LogP contribution in [0.15, 0.2) is 35.2 Å². The number of benzene rings is 2. The Morgan fingerprint density at radius 2 is 0.905 bits per heavy atom. The van der Waals surface area contributed by atoms with Gasteiger partial charge >= 0.3 is 0 Å². The summed E-state index contributed by atoms with van der Waals surface area (Å²) in [4.78, 5) is 0.201. The topological polar surface area (TPSA) is 54.4 Å². The summed E-state index contributed by atoms with van der Waals surface area (Å²) < 4.78 is 35.8. The van der Waals surface area contributed by atoms with Crippen LogP contribution < -0.4 is 0 Å². The minimum absolute atomic E-state index is 0.201. The lowest BCUT2D eigenvalue weighted by Crippen LogP contribution is -2.09. The van der Waals surface area contributed by atoms with Gasteiger partial charge in [-0.1, -0.05) is 179 Å². The summed E-state index contributed by atoms with van der Waals surface area (Å²) in [6.07, 6.45) is 32.2. The fourth-order valence-electron chi connectivity index (χ4n) is 6.52. The van der Waals surface area contributed by atoms with Crippen molar-refractivity contribution in [3.05, 3.63) is 41.5 Å². The molecule has 42 heavy (non-hydrogen) atoms. The lowest BCUT2D eigenvalue weighted by molar-refractivity contribution is 0.480. The summed E-state index contributed by atoms with van der Waals surface area (Å²) in [6, 6.07) is 10.1. The molecule has 240 valence electrons. The van der Waals surface area contributed by atoms with Crippen LogP contribution in [0.5, 0.6) is 0 Å². The van der Waals surface area contributed by atoms with E-state index in [9.17, 15) is 13.0 Å². The maximum Gasteiger partial charge on any atom is 0.295 e. The summed E-state index contributed by atoms with van der Waals surface area (Å²) >= 11 is 0. The predicted molar refractivity (Wildman–Crippen MR) is 183 cm³/mol. The monoisotopic (exact) mass is 600 g/mol. The average molecular weight is 601 g/mol. The molecule has 0 spiro atoms. The maximum absolute atomic E-state index is 12.7. The van der Waals surface area contributed by atoms with Crippen LogP contribution in [0.2, 0.25) is 0 Å². The van der Waals surface area contributed by atoms with Gasteiger partial charge < -0.3 is 0 Å². The van der Waals surface area contributed by atoms with Gasteiger partial charge in [-0.05, 0) is 53.6 Å². The van der Waals surface area contributed by atoms with E-state index in [0.717, 1.165) is 47.6 Å². The van der Waals surface area contributed by atoms with Crippen molar-refractivity contribution < 1.29 is 13.0 Å². The standard InChI is InChI=1S/C38H64O3S/c1-3-5-7-9-11-13-15-17-19-21-23-25-30-35-33-34-29-27-28-31-36(34)37(38(35)42(39,40)41)32-26-24-22-20-18-16-14-12-10-8-6-4-2/h27-29,31,33H,3-26,30,32H2,1-2H3,(H,39,40,41). The lowest BCUT2D eigenvalue weighted by atomic mass is 9.94. The van der Waals surface area contributed by atoms with Crippen molar-refractivity contribution in [2.45, 2.75) is 186 Å². The lowest BCUT2D eigenvalue weighted by Gasteiger charge is -2.16. The zero-order valence-electron chi connectivity index (χ0n) is 27.4. The smallest absolute Gasteiger partial charge is 0.282 e. The van der Waals surface area contributed by atoms with Crippen molar-refractivity contribution in [2.75, 3.05) is 0 Å². The molecule has 0 amide bonds. The molecule has 0 atom stereocenters. The molecule has 0 fully saturated rings. The van der Waals surface area contributed by atoms with Gasteiger partial charge in [-0.15, -0.1) is 0 Å². The average Bonchev–Trinajstić information content (AvgIpc) is 2.97. The van der Waals surface area contributed by atoms with Crippen LogP contribution in [0.1, 0.15) is 179 Å². The van der Waals surface area contributed by atoms with E-state index in [1.807, 2.05) is 24.3 Å². The summed E-state index contributed by atoms with van der Waals surface area (Å²) in [7, 11) is -4.29. The zero-order chi connectivity index (χ0) is 30.3. The first-order valence-corrected chi connectivity index (χ1v) is 19.4. The van der Waals surface area contributed by atoms with E-state index >= 15 is 0 Å². The molecule has 0 aliphatic rings. The SMILES string of the molecule is CCCCCCCCCCCCCCc1cc2ccccc2c(CCCCCCCCCCCCCC)c1S(=O)(=O)O. The Bertz CT molecular complexity index is 1060. The van der Waals surface area contributed by atoms with Gasteiger partial charge in [0.1, 0.15) is 4.90 Å². The molecule has 0 saturated heterocycles. The van der Waals surface area contributed by atoms with Crippen molar-refractivity contribution in [3.8, 4) is 0 Å². The summed E-state index contributed by atoms with van der Waals surface area (Å²) in [6.45, 7) is 4.53. The van der Waals surface area contributed by atoms with Crippen LogP contribution >= 0.6 is 0 Å². The second-order valence-electron chi connectivity index (χ2n) is 12.8. The van der Waals surface area contributed by atoms with Crippen LogP contribution in [0, 0.1) is 0 Å². The highest BCUT2D eigenvalue weighted by Crippen LogP contribution is 2.32. The second kappa shape index (κ2) is 23.1. The van der Waals surface area contributed by atoms with E-state index in [1.165, 1.54) is 128 Å².